The summed E-state index contributed by atoms with van der Waals surface area (Å²) in [4.78, 5) is 21.2. The van der Waals surface area contributed by atoms with Crippen LogP contribution < -0.4 is 4.74 Å². The number of carboxylic acid groups (broad SMARTS) is 1. The predicted molar refractivity (Wildman–Crippen MR) is 79.3 cm³/mol. The number of halogens is 2. The number of para-hydroxylation sites is 1. The molecule has 2 rings (SSSR count). The number of aromatic carboxylic acids is 1. The molecular weight excluding hydrogens is 366 g/mol. The summed E-state index contributed by atoms with van der Waals surface area (Å²) in [5.74, 6) is -1.01. The molecule has 0 saturated heterocycles. The van der Waals surface area contributed by atoms with Gasteiger partial charge in [0.1, 0.15) is 5.75 Å². The Bertz CT molecular complexity index is 734. The van der Waals surface area contributed by atoms with Gasteiger partial charge in [-0.15, -0.1) is 0 Å². The van der Waals surface area contributed by atoms with Gasteiger partial charge < -0.3 is 9.84 Å². The van der Waals surface area contributed by atoms with E-state index in [0.717, 1.165) is 0 Å². The average Bonchev–Trinajstić information content (AvgIpc) is 2.42. The molecule has 0 aromatic heterocycles. The number of nitro groups is 1. The van der Waals surface area contributed by atoms with Crippen LogP contribution in [0.25, 0.3) is 0 Å². The Morgan fingerprint density at radius 1 is 1.33 bits per heavy atom. The summed E-state index contributed by atoms with van der Waals surface area (Å²) in [7, 11) is 0. The Morgan fingerprint density at radius 2 is 2.05 bits per heavy atom. The Balaban J connectivity index is 2.44. The van der Waals surface area contributed by atoms with E-state index in [-0.39, 0.29) is 27.8 Å². The Hall–Kier alpha value is -2.12. The van der Waals surface area contributed by atoms with Crippen LogP contribution in [-0.2, 0) is 0 Å². The van der Waals surface area contributed by atoms with E-state index in [4.69, 9.17) is 21.4 Å². The maximum absolute atomic E-state index is 11.0. The molecule has 0 unspecified atom stereocenters. The fourth-order valence-electron chi connectivity index (χ4n) is 1.57. The molecule has 1 N–H and O–H groups in total. The summed E-state index contributed by atoms with van der Waals surface area (Å²) in [5, 5.41) is 19.9. The number of ether oxygens (including phenoxy) is 1. The standard InChI is InChI=1S/C13H7BrClNO5/c14-8-2-1-3-10(16(19)20)12(8)21-11-5-4-7(13(17)18)6-9(11)15/h1-6H,(H,17,18). The van der Waals surface area contributed by atoms with Gasteiger partial charge in [-0.2, -0.15) is 0 Å². The number of nitrogens with zero attached hydrogens (tertiary/aromatic N) is 1. The van der Waals surface area contributed by atoms with E-state index in [1.165, 1.54) is 30.3 Å². The van der Waals surface area contributed by atoms with Gasteiger partial charge in [0, 0.05) is 6.07 Å². The number of rotatable bonds is 4. The molecule has 108 valence electrons. The first-order valence-electron chi connectivity index (χ1n) is 5.53. The highest BCUT2D eigenvalue weighted by molar-refractivity contribution is 9.10. The minimum atomic E-state index is -1.13. The molecule has 6 nitrogen and oxygen atoms in total. The number of nitro benzene ring substituents is 1. The highest BCUT2D eigenvalue weighted by Crippen LogP contribution is 2.40. The second-order valence-corrected chi connectivity index (χ2v) is 5.16. The van der Waals surface area contributed by atoms with Gasteiger partial charge in [0.25, 0.3) is 0 Å². The van der Waals surface area contributed by atoms with Crippen LogP contribution in [-0.4, -0.2) is 16.0 Å². The van der Waals surface area contributed by atoms with Gasteiger partial charge in [0.05, 0.1) is 20.0 Å². The molecule has 0 amide bonds. The highest BCUT2D eigenvalue weighted by atomic mass is 79.9. The lowest BCUT2D eigenvalue weighted by molar-refractivity contribution is -0.385. The molecule has 0 aliphatic rings. The molecule has 0 aliphatic carbocycles. The van der Waals surface area contributed by atoms with E-state index >= 15 is 0 Å². The van der Waals surface area contributed by atoms with Gasteiger partial charge in [-0.05, 0) is 40.2 Å². The van der Waals surface area contributed by atoms with Crippen LogP contribution in [0.3, 0.4) is 0 Å². The summed E-state index contributed by atoms with van der Waals surface area (Å²) in [6, 6.07) is 8.23. The highest BCUT2D eigenvalue weighted by Gasteiger charge is 2.20. The number of hydrogen-bond acceptors (Lipinski definition) is 4. The third kappa shape index (κ3) is 3.32. The smallest absolute Gasteiger partial charge is 0.335 e. The monoisotopic (exact) mass is 371 g/mol. The Morgan fingerprint density at radius 3 is 2.62 bits per heavy atom. The molecular formula is C13H7BrClNO5. The maximum Gasteiger partial charge on any atom is 0.335 e. The number of benzene rings is 2. The van der Waals surface area contributed by atoms with Crippen LogP contribution >= 0.6 is 27.5 Å². The Labute approximate surface area is 132 Å². The number of hydrogen-bond donors (Lipinski definition) is 1. The zero-order valence-corrected chi connectivity index (χ0v) is 12.6. The minimum Gasteiger partial charge on any atom is -0.478 e. The fraction of sp³-hybridized carbons (Fsp3) is 0. The van der Waals surface area contributed by atoms with Crippen molar-refractivity contribution < 1.29 is 19.6 Å². The van der Waals surface area contributed by atoms with Crippen molar-refractivity contribution in [2.45, 2.75) is 0 Å². The molecule has 0 bridgehead atoms. The van der Waals surface area contributed by atoms with Crippen molar-refractivity contribution >= 4 is 39.2 Å². The van der Waals surface area contributed by atoms with Gasteiger partial charge in [-0.25, -0.2) is 4.79 Å². The average molecular weight is 373 g/mol. The van der Waals surface area contributed by atoms with Gasteiger partial charge >= 0.3 is 11.7 Å². The van der Waals surface area contributed by atoms with Crippen molar-refractivity contribution in [3.05, 3.63) is 61.6 Å². The van der Waals surface area contributed by atoms with Crippen LogP contribution in [0.5, 0.6) is 11.5 Å². The van der Waals surface area contributed by atoms with Crippen molar-refractivity contribution in [1.29, 1.82) is 0 Å². The number of carbonyl (C=O) groups is 1. The van der Waals surface area contributed by atoms with Crippen molar-refractivity contribution in [3.8, 4) is 11.5 Å². The summed E-state index contributed by atoms with van der Waals surface area (Å²) in [6.45, 7) is 0. The first-order valence-corrected chi connectivity index (χ1v) is 6.71. The van der Waals surface area contributed by atoms with E-state index in [9.17, 15) is 14.9 Å². The van der Waals surface area contributed by atoms with Crippen LogP contribution in [0.4, 0.5) is 5.69 Å². The molecule has 0 heterocycles. The van der Waals surface area contributed by atoms with Crippen molar-refractivity contribution in [2.24, 2.45) is 0 Å². The topological polar surface area (TPSA) is 89.7 Å². The van der Waals surface area contributed by atoms with Gasteiger partial charge in [-0.3, -0.25) is 10.1 Å². The van der Waals surface area contributed by atoms with Gasteiger partial charge in [0.15, 0.2) is 0 Å². The van der Waals surface area contributed by atoms with Crippen LogP contribution in [0.15, 0.2) is 40.9 Å². The normalized spacial score (nSPS) is 10.2. The zero-order valence-electron chi connectivity index (χ0n) is 10.2. The molecule has 0 fully saturated rings. The zero-order chi connectivity index (χ0) is 15.6. The molecule has 0 radical (unpaired) electrons. The second kappa shape index (κ2) is 6.11. The summed E-state index contributed by atoms with van der Waals surface area (Å²) >= 11 is 9.10. The molecule has 21 heavy (non-hydrogen) atoms. The lowest BCUT2D eigenvalue weighted by Crippen LogP contribution is -1.98. The first kappa shape index (κ1) is 15.3. The lowest BCUT2D eigenvalue weighted by Gasteiger charge is -2.10. The van der Waals surface area contributed by atoms with Crippen LogP contribution in [0.2, 0.25) is 5.02 Å². The van der Waals surface area contributed by atoms with Crippen molar-refractivity contribution in [2.75, 3.05) is 0 Å². The first-order chi connectivity index (χ1) is 9.90. The molecule has 0 atom stereocenters. The lowest BCUT2D eigenvalue weighted by atomic mass is 10.2. The maximum atomic E-state index is 11.0. The third-order valence-corrected chi connectivity index (χ3v) is 3.45. The minimum absolute atomic E-state index is 0.00558. The fourth-order valence-corrected chi connectivity index (χ4v) is 2.22. The van der Waals surface area contributed by atoms with E-state index in [0.29, 0.717) is 4.47 Å². The number of carboxylic acids is 1. The van der Waals surface area contributed by atoms with Crippen LogP contribution in [0, 0.1) is 10.1 Å². The predicted octanol–water partition coefficient (Wildman–Crippen LogP) is 4.50. The van der Waals surface area contributed by atoms with Crippen molar-refractivity contribution in [1.82, 2.24) is 0 Å². The summed E-state index contributed by atoms with van der Waals surface area (Å²) < 4.78 is 5.84. The van der Waals surface area contributed by atoms with E-state index < -0.39 is 10.9 Å². The van der Waals surface area contributed by atoms with Gasteiger partial charge in [-0.1, -0.05) is 17.7 Å². The SMILES string of the molecule is O=C(O)c1ccc(Oc2c(Br)cccc2[N+](=O)[O-])c(Cl)c1. The van der Waals surface area contributed by atoms with Gasteiger partial charge in [0.2, 0.25) is 5.75 Å². The molecule has 2 aromatic carbocycles. The molecule has 2 aromatic rings. The van der Waals surface area contributed by atoms with E-state index in [1.807, 2.05) is 0 Å². The summed E-state index contributed by atoms with van der Waals surface area (Å²) in [5.41, 5.74) is -0.239. The second-order valence-electron chi connectivity index (χ2n) is 3.90. The molecule has 8 heteroatoms. The quantitative estimate of drug-likeness (QED) is 0.630. The largest absolute Gasteiger partial charge is 0.478 e. The van der Waals surface area contributed by atoms with Crippen LogP contribution in [0.1, 0.15) is 10.4 Å². The molecule has 0 spiro atoms. The van der Waals surface area contributed by atoms with Crippen molar-refractivity contribution in [3.63, 3.8) is 0 Å². The Kier molecular flexibility index (Phi) is 4.44. The van der Waals surface area contributed by atoms with E-state index in [2.05, 4.69) is 15.9 Å². The molecule has 0 aliphatic heterocycles. The summed E-state index contributed by atoms with van der Waals surface area (Å²) in [6.07, 6.45) is 0. The third-order valence-electron chi connectivity index (χ3n) is 2.53. The molecule has 0 saturated carbocycles. The van der Waals surface area contributed by atoms with E-state index in [1.54, 1.807) is 6.07 Å².